The van der Waals surface area contributed by atoms with Gasteiger partial charge in [0.1, 0.15) is 0 Å². The van der Waals surface area contributed by atoms with Gasteiger partial charge in [-0.05, 0) is 25.2 Å². The summed E-state index contributed by atoms with van der Waals surface area (Å²) in [6.07, 6.45) is 4.66. The first kappa shape index (κ1) is 6.17. The fourth-order valence-corrected chi connectivity index (χ4v) is 1.93. The smallest absolute Gasteiger partial charge is 0.0615 e. The maximum Gasteiger partial charge on any atom is 0.0615 e. The van der Waals surface area contributed by atoms with Crippen LogP contribution in [0.5, 0.6) is 0 Å². The maximum atomic E-state index is 5.54. The quantitative estimate of drug-likeness (QED) is 0.575. The van der Waals surface area contributed by atoms with Crippen molar-refractivity contribution in [3.63, 3.8) is 0 Å². The van der Waals surface area contributed by atoms with Crippen LogP contribution in [0.4, 0.5) is 0 Å². The summed E-state index contributed by atoms with van der Waals surface area (Å²) in [6, 6.07) is 0. The van der Waals surface area contributed by atoms with E-state index >= 15 is 0 Å². The van der Waals surface area contributed by atoms with E-state index in [9.17, 15) is 0 Å². The third-order valence-corrected chi connectivity index (χ3v) is 2.77. The van der Waals surface area contributed by atoms with Crippen molar-refractivity contribution >= 4 is 15.9 Å². The van der Waals surface area contributed by atoms with E-state index in [1.54, 1.807) is 0 Å². The van der Waals surface area contributed by atoms with Gasteiger partial charge in [0.05, 0.1) is 12.7 Å². The van der Waals surface area contributed by atoms with E-state index in [4.69, 9.17) is 4.74 Å². The lowest BCUT2D eigenvalue weighted by Crippen LogP contribution is -2.06. The fraction of sp³-hybridized carbons (Fsp3) is 1.00. The highest BCUT2D eigenvalue weighted by Gasteiger charge is 2.36. The topological polar surface area (TPSA) is 9.23 Å². The molecule has 2 rings (SSSR count). The molecule has 0 aromatic heterocycles. The van der Waals surface area contributed by atoms with Crippen molar-refractivity contribution in [3.8, 4) is 0 Å². The predicted octanol–water partition coefficient (Wildman–Crippen LogP) is 1.95. The average molecular weight is 191 g/mol. The number of hydrogen-bond acceptors (Lipinski definition) is 1. The van der Waals surface area contributed by atoms with Gasteiger partial charge >= 0.3 is 0 Å². The highest BCUT2D eigenvalue weighted by molar-refractivity contribution is 9.09. The summed E-state index contributed by atoms with van der Waals surface area (Å²) in [5.74, 6) is 0.924. The zero-order valence-corrected chi connectivity index (χ0v) is 6.93. The van der Waals surface area contributed by atoms with Crippen LogP contribution in [0.25, 0.3) is 0 Å². The summed E-state index contributed by atoms with van der Waals surface area (Å²) in [5, 5.41) is 0. The van der Waals surface area contributed by atoms with Crippen LogP contribution in [-0.2, 0) is 4.74 Å². The molecule has 1 aliphatic heterocycles. The van der Waals surface area contributed by atoms with Gasteiger partial charge in [0, 0.05) is 4.83 Å². The Morgan fingerprint density at radius 2 is 2.11 bits per heavy atom. The Kier molecular flexibility index (Phi) is 1.54. The van der Waals surface area contributed by atoms with Crippen molar-refractivity contribution < 1.29 is 4.74 Å². The average Bonchev–Trinajstić information content (AvgIpc) is 2.58. The van der Waals surface area contributed by atoms with Crippen LogP contribution in [-0.4, -0.2) is 17.5 Å². The third-order valence-electron chi connectivity index (χ3n) is 2.13. The molecule has 2 fully saturated rings. The Balaban J connectivity index is 1.86. The normalized spacial score (nSPS) is 43.7. The van der Waals surface area contributed by atoms with Crippen molar-refractivity contribution in [3.05, 3.63) is 0 Å². The van der Waals surface area contributed by atoms with Crippen LogP contribution in [0.15, 0.2) is 0 Å². The summed E-state index contributed by atoms with van der Waals surface area (Å²) in [7, 11) is 0. The van der Waals surface area contributed by atoms with Crippen LogP contribution in [0, 0.1) is 5.92 Å². The van der Waals surface area contributed by atoms with E-state index in [2.05, 4.69) is 15.9 Å². The first-order valence-corrected chi connectivity index (χ1v) is 4.53. The molecule has 0 N–H and O–H groups in total. The van der Waals surface area contributed by atoms with Crippen LogP contribution in [0.3, 0.4) is 0 Å². The first-order valence-electron chi connectivity index (χ1n) is 3.62. The number of rotatable bonds is 1. The molecular weight excluding hydrogens is 180 g/mol. The molecule has 0 bridgehead atoms. The predicted molar refractivity (Wildman–Crippen MR) is 39.8 cm³/mol. The number of ether oxygens (including phenoxy) is 1. The molecule has 1 saturated carbocycles. The molecule has 1 aliphatic carbocycles. The number of halogens is 1. The van der Waals surface area contributed by atoms with Crippen molar-refractivity contribution in [1.82, 2.24) is 0 Å². The Labute approximate surface area is 63.9 Å². The van der Waals surface area contributed by atoms with E-state index in [1.807, 2.05) is 0 Å². The van der Waals surface area contributed by atoms with Gasteiger partial charge in [0.15, 0.2) is 0 Å². The highest BCUT2D eigenvalue weighted by atomic mass is 79.9. The molecule has 2 heteroatoms. The second kappa shape index (κ2) is 2.24. The Morgan fingerprint density at radius 3 is 2.56 bits per heavy atom. The molecule has 52 valence electrons. The molecule has 2 aliphatic rings. The lowest BCUT2D eigenvalue weighted by molar-refractivity contribution is 0.0946. The highest BCUT2D eigenvalue weighted by Crippen LogP contribution is 2.39. The second-order valence-corrected chi connectivity index (χ2v) is 4.34. The zero-order valence-electron chi connectivity index (χ0n) is 5.35. The Bertz CT molecular complexity index is 111. The van der Waals surface area contributed by atoms with E-state index < -0.39 is 0 Å². The van der Waals surface area contributed by atoms with E-state index in [1.165, 1.54) is 19.3 Å². The number of hydrogen-bond donors (Lipinski definition) is 0. The van der Waals surface area contributed by atoms with E-state index in [-0.39, 0.29) is 0 Å². The molecule has 0 radical (unpaired) electrons. The summed E-state index contributed by atoms with van der Waals surface area (Å²) in [4.78, 5) is 0.642. The molecule has 0 aromatic carbocycles. The van der Waals surface area contributed by atoms with Crippen molar-refractivity contribution in [2.24, 2.45) is 5.92 Å². The van der Waals surface area contributed by atoms with Crippen molar-refractivity contribution in [1.29, 1.82) is 0 Å². The van der Waals surface area contributed by atoms with Gasteiger partial charge in [-0.1, -0.05) is 15.9 Å². The molecule has 2 unspecified atom stereocenters. The Morgan fingerprint density at radius 1 is 1.33 bits per heavy atom. The molecular formula is C7H11BrO. The van der Waals surface area contributed by atoms with Gasteiger partial charge in [-0.3, -0.25) is 0 Å². The summed E-state index contributed by atoms with van der Waals surface area (Å²) >= 11 is 3.55. The molecule has 0 amide bonds. The molecule has 0 aromatic rings. The van der Waals surface area contributed by atoms with Gasteiger partial charge in [-0.15, -0.1) is 0 Å². The van der Waals surface area contributed by atoms with Gasteiger partial charge in [-0.25, -0.2) is 0 Å². The van der Waals surface area contributed by atoms with Crippen molar-refractivity contribution in [2.45, 2.75) is 30.2 Å². The largest absolute Gasteiger partial charge is 0.377 e. The molecule has 1 saturated heterocycles. The monoisotopic (exact) mass is 190 g/mol. The van der Waals surface area contributed by atoms with Crippen LogP contribution < -0.4 is 0 Å². The number of alkyl halides is 1. The van der Waals surface area contributed by atoms with Gasteiger partial charge in [0.2, 0.25) is 0 Å². The lowest BCUT2D eigenvalue weighted by atomic mass is 10.2. The summed E-state index contributed by atoms with van der Waals surface area (Å²) in [5.41, 5.74) is 0. The fourth-order valence-electron chi connectivity index (χ4n) is 1.41. The minimum Gasteiger partial charge on any atom is -0.377 e. The maximum absolute atomic E-state index is 5.54. The minimum absolute atomic E-state index is 0.606. The summed E-state index contributed by atoms with van der Waals surface area (Å²) in [6.45, 7) is 0.932. The van der Waals surface area contributed by atoms with Gasteiger partial charge in [-0.2, -0.15) is 0 Å². The molecule has 2 atom stereocenters. The third kappa shape index (κ3) is 1.30. The molecule has 0 spiro atoms. The van der Waals surface area contributed by atoms with Crippen molar-refractivity contribution in [2.75, 3.05) is 6.61 Å². The lowest BCUT2D eigenvalue weighted by Gasteiger charge is -2.04. The van der Waals surface area contributed by atoms with Gasteiger partial charge < -0.3 is 4.74 Å². The molecule has 9 heavy (non-hydrogen) atoms. The zero-order chi connectivity index (χ0) is 6.27. The Hall–Kier alpha value is 0.440. The second-order valence-electron chi connectivity index (χ2n) is 3.04. The minimum atomic E-state index is 0.606. The molecule has 1 heterocycles. The van der Waals surface area contributed by atoms with E-state index in [0.29, 0.717) is 10.9 Å². The van der Waals surface area contributed by atoms with Crippen LogP contribution in [0.2, 0.25) is 0 Å². The summed E-state index contributed by atoms with van der Waals surface area (Å²) < 4.78 is 5.54. The van der Waals surface area contributed by atoms with Crippen LogP contribution >= 0.6 is 15.9 Å². The molecule has 1 nitrogen and oxygen atoms in total. The first-order chi connectivity index (χ1) is 4.36. The van der Waals surface area contributed by atoms with Gasteiger partial charge in [0.25, 0.3) is 0 Å². The van der Waals surface area contributed by atoms with E-state index in [0.717, 1.165) is 12.5 Å². The van der Waals surface area contributed by atoms with Crippen LogP contribution in [0.1, 0.15) is 19.3 Å². The SMILES string of the molecule is BrC1COC(C2CC2)C1. The standard InChI is InChI=1S/C7H11BrO/c8-6-3-7(9-4-6)5-1-2-5/h5-7H,1-4H2.